The first-order chi connectivity index (χ1) is 12.1. The van der Waals surface area contributed by atoms with Crippen molar-refractivity contribution >= 4 is 29.2 Å². The second-order valence-electron chi connectivity index (χ2n) is 6.51. The molecule has 0 bridgehead atoms. The van der Waals surface area contributed by atoms with Gasteiger partial charge >= 0.3 is 12.1 Å². The van der Waals surface area contributed by atoms with Gasteiger partial charge in [-0.15, -0.1) is 0 Å². The van der Waals surface area contributed by atoms with Gasteiger partial charge in [0.25, 0.3) is 5.91 Å². The van der Waals surface area contributed by atoms with Crippen LogP contribution in [-0.2, 0) is 20.5 Å². The second-order valence-corrected chi connectivity index (χ2v) is 6.92. The highest BCUT2D eigenvalue weighted by molar-refractivity contribution is 6.33. The molecular weight excluding hydrogens is 373 g/mol. The zero-order valence-corrected chi connectivity index (χ0v) is 15.1. The smallest absolute Gasteiger partial charge is 0.416 e. The Morgan fingerprint density at radius 1 is 1.31 bits per heavy atom. The fourth-order valence-electron chi connectivity index (χ4n) is 2.20. The lowest BCUT2D eigenvalue weighted by Gasteiger charge is -2.22. The van der Waals surface area contributed by atoms with Crippen molar-refractivity contribution in [2.75, 3.05) is 11.9 Å². The molecule has 0 radical (unpaired) electrons. The summed E-state index contributed by atoms with van der Waals surface area (Å²) in [7, 11) is 0. The highest BCUT2D eigenvalue weighted by Crippen LogP contribution is 2.34. The SMILES string of the molecule is CC(C)[C@H](Nc1ccc(C(F)(F)F)cc1Cl)C(=O)OCC(=O)NC1CC1. The molecule has 2 N–H and O–H groups in total. The van der Waals surface area contributed by atoms with E-state index < -0.39 is 30.4 Å². The fourth-order valence-corrected chi connectivity index (χ4v) is 2.43. The molecule has 1 amide bonds. The molecule has 0 unspecified atom stereocenters. The lowest BCUT2D eigenvalue weighted by Crippen LogP contribution is -2.39. The molecule has 1 aromatic rings. The van der Waals surface area contributed by atoms with E-state index in [0.717, 1.165) is 31.0 Å². The quantitative estimate of drug-likeness (QED) is 0.695. The first kappa shape index (κ1) is 20.4. The minimum Gasteiger partial charge on any atom is -0.454 e. The summed E-state index contributed by atoms with van der Waals surface area (Å²) in [5.41, 5.74) is -0.703. The first-order valence-corrected chi connectivity index (χ1v) is 8.55. The molecule has 1 saturated carbocycles. The normalized spacial score (nSPS) is 15.5. The maximum Gasteiger partial charge on any atom is 0.416 e. The van der Waals surface area contributed by atoms with Crippen LogP contribution in [0.15, 0.2) is 18.2 Å². The van der Waals surface area contributed by atoms with Crippen LogP contribution in [0.2, 0.25) is 5.02 Å². The molecule has 9 heteroatoms. The number of halogens is 4. The molecule has 1 aromatic carbocycles. The first-order valence-electron chi connectivity index (χ1n) is 8.17. The number of alkyl halides is 3. The lowest BCUT2D eigenvalue weighted by atomic mass is 10.0. The minimum atomic E-state index is -4.51. The van der Waals surface area contributed by atoms with Gasteiger partial charge in [0.1, 0.15) is 6.04 Å². The van der Waals surface area contributed by atoms with E-state index in [-0.39, 0.29) is 28.6 Å². The van der Waals surface area contributed by atoms with Crippen molar-refractivity contribution in [3.8, 4) is 0 Å². The molecule has 1 atom stereocenters. The molecule has 1 aliphatic rings. The number of rotatable bonds is 7. The number of hydrogen-bond acceptors (Lipinski definition) is 4. The zero-order chi connectivity index (χ0) is 19.5. The summed E-state index contributed by atoms with van der Waals surface area (Å²) in [5, 5.41) is 5.33. The van der Waals surface area contributed by atoms with Gasteiger partial charge in [-0.2, -0.15) is 13.2 Å². The van der Waals surface area contributed by atoms with Gasteiger partial charge in [0, 0.05) is 6.04 Å². The van der Waals surface area contributed by atoms with Gasteiger partial charge in [-0.25, -0.2) is 4.79 Å². The van der Waals surface area contributed by atoms with Crippen LogP contribution in [0.3, 0.4) is 0 Å². The third-order valence-electron chi connectivity index (χ3n) is 3.82. The maximum absolute atomic E-state index is 12.7. The van der Waals surface area contributed by atoms with Crippen LogP contribution in [0.25, 0.3) is 0 Å². The zero-order valence-electron chi connectivity index (χ0n) is 14.3. The molecule has 5 nitrogen and oxygen atoms in total. The Balaban J connectivity index is 2.00. The summed E-state index contributed by atoms with van der Waals surface area (Å²) < 4.78 is 43.1. The molecule has 1 fully saturated rings. The molecule has 0 aliphatic heterocycles. The van der Waals surface area contributed by atoms with E-state index in [9.17, 15) is 22.8 Å². The molecule has 0 saturated heterocycles. The summed E-state index contributed by atoms with van der Waals surface area (Å²) >= 11 is 5.90. The molecule has 2 rings (SSSR count). The van der Waals surface area contributed by atoms with Crippen LogP contribution < -0.4 is 10.6 Å². The van der Waals surface area contributed by atoms with Crippen molar-refractivity contribution in [2.24, 2.45) is 5.92 Å². The van der Waals surface area contributed by atoms with Gasteiger partial charge in [-0.3, -0.25) is 4.79 Å². The molecule has 0 spiro atoms. The van der Waals surface area contributed by atoms with Crippen LogP contribution in [0, 0.1) is 5.92 Å². The standard InChI is InChI=1S/C17H20ClF3N2O3/c1-9(2)15(16(25)26-8-14(24)22-11-4-5-11)23-13-6-3-10(7-12(13)18)17(19,20)21/h3,6-7,9,11,15,23H,4-5,8H2,1-2H3,(H,22,24)/t15-/m0/s1. The summed E-state index contributed by atoms with van der Waals surface area (Å²) in [4.78, 5) is 23.8. The average Bonchev–Trinajstić information content (AvgIpc) is 3.34. The Hall–Kier alpha value is -1.96. The third kappa shape index (κ3) is 5.79. The minimum absolute atomic E-state index is 0.158. The van der Waals surface area contributed by atoms with E-state index in [0.29, 0.717) is 0 Å². The predicted molar refractivity (Wildman–Crippen MR) is 90.8 cm³/mol. The number of hydrogen-bond donors (Lipinski definition) is 2. The van der Waals surface area contributed by atoms with Crippen LogP contribution in [-0.4, -0.2) is 30.6 Å². The second kappa shape index (κ2) is 8.16. The largest absolute Gasteiger partial charge is 0.454 e. The molecule has 26 heavy (non-hydrogen) atoms. The summed E-state index contributed by atoms with van der Waals surface area (Å²) in [6.07, 6.45) is -2.67. The van der Waals surface area contributed by atoms with Crippen LogP contribution >= 0.6 is 11.6 Å². The Labute approximate surface area is 154 Å². The van der Waals surface area contributed by atoms with Gasteiger partial charge in [0.15, 0.2) is 6.61 Å². The van der Waals surface area contributed by atoms with Gasteiger partial charge in [0.2, 0.25) is 0 Å². The summed E-state index contributed by atoms with van der Waals surface area (Å²) in [5.74, 6) is -1.30. The van der Waals surface area contributed by atoms with E-state index in [4.69, 9.17) is 16.3 Å². The Morgan fingerprint density at radius 3 is 2.46 bits per heavy atom. The van der Waals surface area contributed by atoms with E-state index in [1.54, 1.807) is 13.8 Å². The molecule has 0 aromatic heterocycles. The summed E-state index contributed by atoms with van der Waals surface area (Å²) in [6, 6.07) is 2.12. The van der Waals surface area contributed by atoms with Crippen molar-refractivity contribution < 1.29 is 27.5 Å². The number of nitrogens with one attached hydrogen (secondary N) is 2. The van der Waals surface area contributed by atoms with E-state index in [2.05, 4.69) is 10.6 Å². The Morgan fingerprint density at radius 2 is 1.96 bits per heavy atom. The van der Waals surface area contributed by atoms with Crippen molar-refractivity contribution in [1.82, 2.24) is 5.32 Å². The number of amides is 1. The van der Waals surface area contributed by atoms with Crippen LogP contribution in [0.1, 0.15) is 32.3 Å². The summed E-state index contributed by atoms with van der Waals surface area (Å²) in [6.45, 7) is 3.07. The molecule has 0 heterocycles. The van der Waals surface area contributed by atoms with Gasteiger partial charge in [-0.05, 0) is 37.0 Å². The molecule has 144 valence electrons. The monoisotopic (exact) mass is 392 g/mol. The van der Waals surface area contributed by atoms with E-state index in [1.807, 2.05) is 0 Å². The highest BCUT2D eigenvalue weighted by Gasteiger charge is 2.32. The number of ether oxygens (including phenoxy) is 1. The fraction of sp³-hybridized carbons (Fsp3) is 0.529. The Bertz CT molecular complexity index is 676. The Kier molecular flexibility index (Phi) is 6.39. The van der Waals surface area contributed by atoms with Gasteiger partial charge in [0.05, 0.1) is 16.3 Å². The molecular formula is C17H20ClF3N2O3. The number of carbonyl (C=O) groups is 2. The maximum atomic E-state index is 12.7. The topological polar surface area (TPSA) is 67.4 Å². The highest BCUT2D eigenvalue weighted by atomic mass is 35.5. The van der Waals surface area contributed by atoms with Crippen molar-refractivity contribution in [3.63, 3.8) is 0 Å². The number of carbonyl (C=O) groups excluding carboxylic acids is 2. The number of esters is 1. The van der Waals surface area contributed by atoms with Gasteiger partial charge < -0.3 is 15.4 Å². The predicted octanol–water partition coefficient (Wildman–Crippen LogP) is 3.62. The lowest BCUT2D eigenvalue weighted by molar-refractivity contribution is -0.150. The average molecular weight is 393 g/mol. The van der Waals surface area contributed by atoms with E-state index in [1.165, 1.54) is 0 Å². The van der Waals surface area contributed by atoms with Crippen LogP contribution in [0.5, 0.6) is 0 Å². The number of anilines is 1. The third-order valence-corrected chi connectivity index (χ3v) is 4.13. The van der Waals surface area contributed by atoms with Crippen molar-refractivity contribution in [2.45, 2.75) is 44.9 Å². The number of benzene rings is 1. The van der Waals surface area contributed by atoms with E-state index >= 15 is 0 Å². The van der Waals surface area contributed by atoms with Crippen molar-refractivity contribution in [1.29, 1.82) is 0 Å². The van der Waals surface area contributed by atoms with Gasteiger partial charge in [-0.1, -0.05) is 25.4 Å². The molecule has 1 aliphatic carbocycles. The van der Waals surface area contributed by atoms with Crippen molar-refractivity contribution in [3.05, 3.63) is 28.8 Å². The van der Waals surface area contributed by atoms with Crippen LogP contribution in [0.4, 0.5) is 18.9 Å².